The highest BCUT2D eigenvalue weighted by atomic mass is 16.5. The van der Waals surface area contributed by atoms with Gasteiger partial charge in [-0.1, -0.05) is 12.1 Å². The Morgan fingerprint density at radius 3 is 2.62 bits per heavy atom. The van der Waals surface area contributed by atoms with Gasteiger partial charge in [-0.25, -0.2) is 19.5 Å². The Bertz CT molecular complexity index is 1330. The summed E-state index contributed by atoms with van der Waals surface area (Å²) in [5.74, 6) is 0.716. The maximum Gasteiger partial charge on any atom is 0.321 e. The first-order chi connectivity index (χ1) is 15.6. The van der Waals surface area contributed by atoms with E-state index in [1.54, 1.807) is 23.0 Å². The lowest BCUT2D eigenvalue weighted by Crippen LogP contribution is -2.36. The van der Waals surface area contributed by atoms with Gasteiger partial charge >= 0.3 is 6.01 Å². The molecule has 5 heterocycles. The van der Waals surface area contributed by atoms with Crippen LogP contribution in [0.15, 0.2) is 53.6 Å². The van der Waals surface area contributed by atoms with Gasteiger partial charge in [0.05, 0.1) is 5.69 Å². The van der Waals surface area contributed by atoms with Crippen LogP contribution in [0.25, 0.3) is 5.65 Å². The number of aryl methyl sites for hydroxylation is 1. The van der Waals surface area contributed by atoms with Crippen molar-refractivity contribution < 1.29 is 4.74 Å². The molecule has 6 rings (SSSR count). The van der Waals surface area contributed by atoms with E-state index in [0.29, 0.717) is 29.5 Å². The number of nitrogens with one attached hydrogen (secondary N) is 1. The average Bonchev–Trinajstić information content (AvgIpc) is 3.30. The van der Waals surface area contributed by atoms with E-state index in [9.17, 15) is 4.79 Å². The molecule has 2 aliphatic rings. The summed E-state index contributed by atoms with van der Waals surface area (Å²) in [5, 5.41) is 3.12. The molecule has 1 saturated heterocycles. The summed E-state index contributed by atoms with van der Waals surface area (Å²) in [6.07, 6.45) is 7.16. The molecule has 0 radical (unpaired) electrons. The predicted molar refractivity (Wildman–Crippen MR) is 119 cm³/mol. The van der Waals surface area contributed by atoms with Gasteiger partial charge in [-0.3, -0.25) is 14.8 Å². The van der Waals surface area contributed by atoms with Crippen molar-refractivity contribution in [2.24, 2.45) is 0 Å². The van der Waals surface area contributed by atoms with Gasteiger partial charge in [-0.15, -0.1) is 0 Å². The second-order valence-electron chi connectivity index (χ2n) is 8.72. The standard InChI is InChI=1S/C24H24N6O2/c1-15-11-22-27-21-13-18-6-5-17(12-20(21)23(31)30(22)28-15)29(18)14-16-3-7-19(8-4-16)32-24-25-9-2-10-26-24/h2-4,7-11,17-18,28H,5-6,12-14H2,1H3. The van der Waals surface area contributed by atoms with Gasteiger partial charge in [0.2, 0.25) is 0 Å². The van der Waals surface area contributed by atoms with Crippen LogP contribution in [0.3, 0.4) is 0 Å². The zero-order valence-electron chi connectivity index (χ0n) is 17.9. The van der Waals surface area contributed by atoms with E-state index in [-0.39, 0.29) is 5.56 Å². The van der Waals surface area contributed by atoms with Gasteiger partial charge in [0, 0.05) is 54.8 Å². The van der Waals surface area contributed by atoms with Crippen LogP contribution in [-0.4, -0.2) is 41.5 Å². The van der Waals surface area contributed by atoms with Gasteiger partial charge in [-0.2, -0.15) is 0 Å². The van der Waals surface area contributed by atoms with E-state index < -0.39 is 0 Å². The third-order valence-corrected chi connectivity index (χ3v) is 6.60. The Morgan fingerprint density at radius 1 is 1.09 bits per heavy atom. The van der Waals surface area contributed by atoms with Gasteiger partial charge in [-0.05, 0) is 49.9 Å². The van der Waals surface area contributed by atoms with Crippen molar-refractivity contribution in [2.45, 2.75) is 51.2 Å². The number of benzene rings is 1. The Labute approximate surface area is 184 Å². The SMILES string of the molecule is Cc1cc2nc3c(c(=O)n2[nH]1)CC1CCC(C3)N1Cc1ccc(Oc2ncccn2)cc1. The van der Waals surface area contributed by atoms with Gasteiger partial charge in [0.25, 0.3) is 5.56 Å². The van der Waals surface area contributed by atoms with Crippen molar-refractivity contribution in [2.75, 3.05) is 0 Å². The molecular weight excluding hydrogens is 404 g/mol. The summed E-state index contributed by atoms with van der Waals surface area (Å²) in [6.45, 7) is 2.80. The Hall–Kier alpha value is -3.52. The van der Waals surface area contributed by atoms with Crippen molar-refractivity contribution >= 4 is 5.65 Å². The average molecular weight is 428 g/mol. The zero-order valence-corrected chi connectivity index (χ0v) is 17.9. The second-order valence-corrected chi connectivity index (χ2v) is 8.72. The zero-order chi connectivity index (χ0) is 21.7. The molecule has 2 unspecified atom stereocenters. The van der Waals surface area contributed by atoms with Gasteiger partial charge in [0.15, 0.2) is 5.65 Å². The number of hydrogen-bond acceptors (Lipinski definition) is 6. The van der Waals surface area contributed by atoms with Crippen LogP contribution in [-0.2, 0) is 19.4 Å². The smallest absolute Gasteiger partial charge is 0.321 e. The van der Waals surface area contributed by atoms with Gasteiger partial charge < -0.3 is 4.74 Å². The van der Waals surface area contributed by atoms with Crippen molar-refractivity contribution in [3.63, 3.8) is 0 Å². The summed E-state index contributed by atoms with van der Waals surface area (Å²) in [4.78, 5) is 28.7. The number of fused-ring (bicyclic) bond motifs is 4. The molecule has 1 aromatic carbocycles. The van der Waals surface area contributed by atoms with E-state index in [0.717, 1.165) is 49.2 Å². The number of aromatic nitrogens is 5. The molecular formula is C24H24N6O2. The number of nitrogens with zero attached hydrogens (tertiary/aromatic N) is 5. The molecule has 0 saturated carbocycles. The molecule has 8 nitrogen and oxygen atoms in total. The fourth-order valence-electron chi connectivity index (χ4n) is 5.09. The second kappa shape index (κ2) is 7.56. The molecule has 0 spiro atoms. The Balaban J connectivity index is 1.23. The third-order valence-electron chi connectivity index (χ3n) is 6.60. The highest BCUT2D eigenvalue weighted by molar-refractivity contribution is 5.42. The molecule has 2 atom stereocenters. The van der Waals surface area contributed by atoms with Crippen LogP contribution in [0, 0.1) is 6.92 Å². The molecule has 8 heteroatoms. The van der Waals surface area contributed by atoms with Crippen LogP contribution in [0.5, 0.6) is 11.8 Å². The molecule has 2 aliphatic heterocycles. The summed E-state index contributed by atoms with van der Waals surface area (Å²) < 4.78 is 7.30. The molecule has 4 aromatic rings. The van der Waals surface area contributed by atoms with E-state index in [4.69, 9.17) is 9.72 Å². The van der Waals surface area contributed by atoms with E-state index in [1.807, 2.05) is 25.1 Å². The molecule has 0 aliphatic carbocycles. The minimum absolute atomic E-state index is 0.0511. The number of ether oxygens (including phenoxy) is 1. The maximum absolute atomic E-state index is 13.1. The summed E-state index contributed by atoms with van der Waals surface area (Å²) in [7, 11) is 0. The van der Waals surface area contributed by atoms with Crippen LogP contribution in [0.2, 0.25) is 0 Å². The normalized spacial score (nSPS) is 20.3. The molecule has 32 heavy (non-hydrogen) atoms. The molecule has 1 fully saturated rings. The number of hydrogen-bond donors (Lipinski definition) is 1. The monoisotopic (exact) mass is 428 g/mol. The van der Waals surface area contributed by atoms with Crippen molar-refractivity contribution in [3.8, 4) is 11.8 Å². The molecule has 2 bridgehead atoms. The molecule has 162 valence electrons. The number of H-pyrrole nitrogens is 1. The molecule has 3 aromatic heterocycles. The lowest BCUT2D eigenvalue weighted by atomic mass is 9.98. The largest absolute Gasteiger partial charge is 0.424 e. The van der Waals surface area contributed by atoms with Crippen LogP contribution in [0.4, 0.5) is 0 Å². The van der Waals surface area contributed by atoms with Crippen molar-refractivity contribution in [1.29, 1.82) is 0 Å². The fourth-order valence-corrected chi connectivity index (χ4v) is 5.09. The van der Waals surface area contributed by atoms with Crippen molar-refractivity contribution in [1.82, 2.24) is 29.5 Å². The predicted octanol–water partition coefficient (Wildman–Crippen LogP) is 3.05. The highest BCUT2D eigenvalue weighted by Crippen LogP contribution is 2.34. The number of aromatic amines is 1. The van der Waals surface area contributed by atoms with Crippen LogP contribution >= 0.6 is 0 Å². The first kappa shape index (κ1) is 19.2. The minimum Gasteiger partial charge on any atom is -0.424 e. The minimum atomic E-state index is 0.0511. The summed E-state index contributed by atoms with van der Waals surface area (Å²) in [6, 6.07) is 12.9. The lowest BCUT2D eigenvalue weighted by Gasteiger charge is -2.27. The lowest BCUT2D eigenvalue weighted by molar-refractivity contribution is 0.187. The van der Waals surface area contributed by atoms with E-state index >= 15 is 0 Å². The Morgan fingerprint density at radius 2 is 1.84 bits per heavy atom. The third kappa shape index (κ3) is 3.36. The highest BCUT2D eigenvalue weighted by Gasteiger charge is 2.38. The summed E-state index contributed by atoms with van der Waals surface area (Å²) in [5.41, 5.74) is 4.78. The van der Waals surface area contributed by atoms with Crippen LogP contribution in [0.1, 0.15) is 35.4 Å². The van der Waals surface area contributed by atoms with E-state index in [1.165, 1.54) is 5.56 Å². The molecule has 0 amide bonds. The summed E-state index contributed by atoms with van der Waals surface area (Å²) >= 11 is 0. The van der Waals surface area contributed by atoms with Gasteiger partial charge in [0.1, 0.15) is 5.75 Å². The first-order valence-electron chi connectivity index (χ1n) is 11.0. The van der Waals surface area contributed by atoms with E-state index in [2.05, 4.69) is 32.1 Å². The topological polar surface area (TPSA) is 88.4 Å². The van der Waals surface area contributed by atoms with Crippen LogP contribution < -0.4 is 10.3 Å². The fraction of sp³-hybridized carbons (Fsp3) is 0.333. The van der Waals surface area contributed by atoms with Crippen molar-refractivity contribution in [3.05, 3.63) is 81.7 Å². The Kier molecular flexibility index (Phi) is 4.53. The quantitative estimate of drug-likeness (QED) is 0.538. The molecule has 1 N–H and O–H groups in total. The number of rotatable bonds is 4. The maximum atomic E-state index is 13.1. The first-order valence-corrected chi connectivity index (χ1v) is 11.0.